The minimum Gasteiger partial charge on any atom is -0.325 e. The molecule has 162 valence electrons. The molecule has 0 saturated carbocycles. The van der Waals surface area contributed by atoms with Crippen LogP contribution in [0.4, 0.5) is 5.69 Å². The van der Waals surface area contributed by atoms with Gasteiger partial charge in [-0.3, -0.25) is 4.79 Å². The van der Waals surface area contributed by atoms with Crippen molar-refractivity contribution in [3.05, 3.63) is 94.0 Å². The van der Waals surface area contributed by atoms with E-state index in [9.17, 15) is 13.2 Å². The molecule has 0 heterocycles. The van der Waals surface area contributed by atoms with Crippen LogP contribution in [-0.4, -0.2) is 25.2 Å². The Kier molecular flexibility index (Phi) is 7.73. The number of aryl methyl sites for hydroxylation is 1. The third-order valence-electron chi connectivity index (χ3n) is 4.69. The van der Waals surface area contributed by atoms with E-state index in [2.05, 4.69) is 5.32 Å². The van der Waals surface area contributed by atoms with Crippen LogP contribution in [0.3, 0.4) is 0 Å². The zero-order valence-corrected chi connectivity index (χ0v) is 19.2. The molecule has 0 aliphatic heterocycles. The van der Waals surface area contributed by atoms with Gasteiger partial charge in [0.05, 0.1) is 21.5 Å². The van der Waals surface area contributed by atoms with E-state index < -0.39 is 15.9 Å². The quantitative estimate of drug-likeness (QED) is 0.474. The van der Waals surface area contributed by atoms with Crippen molar-refractivity contribution in [2.45, 2.75) is 24.8 Å². The Labute approximate surface area is 192 Å². The van der Waals surface area contributed by atoms with Crippen LogP contribution in [0.25, 0.3) is 0 Å². The lowest BCUT2D eigenvalue weighted by molar-refractivity contribution is -0.116. The highest BCUT2D eigenvalue weighted by Crippen LogP contribution is 2.25. The molecule has 1 amide bonds. The number of amides is 1. The molecule has 3 aromatic rings. The lowest BCUT2D eigenvalue weighted by Gasteiger charge is -2.22. The first-order chi connectivity index (χ1) is 14.8. The molecule has 8 heteroatoms. The van der Waals surface area contributed by atoms with Gasteiger partial charge in [-0.2, -0.15) is 4.31 Å². The summed E-state index contributed by atoms with van der Waals surface area (Å²) in [5.41, 5.74) is 2.37. The minimum absolute atomic E-state index is 0.0314. The van der Waals surface area contributed by atoms with Gasteiger partial charge in [0.15, 0.2) is 0 Å². The third-order valence-corrected chi connectivity index (χ3v) is 7.23. The van der Waals surface area contributed by atoms with Gasteiger partial charge >= 0.3 is 0 Å². The van der Waals surface area contributed by atoms with Gasteiger partial charge in [0.2, 0.25) is 15.9 Å². The monoisotopic (exact) mass is 476 g/mol. The predicted octanol–water partition coefficient (Wildman–Crippen LogP) is 5.39. The first kappa shape index (κ1) is 23.3. The second-order valence-electron chi connectivity index (χ2n) is 6.93. The summed E-state index contributed by atoms with van der Waals surface area (Å²) in [4.78, 5) is 12.8. The number of sulfonamides is 1. The SMILES string of the molecule is CCc1ccc(NC(=O)CN(Cc2ccc(Cl)c(Cl)c2)S(=O)(=O)c2ccccc2)cc1. The number of hydrogen-bond donors (Lipinski definition) is 1. The van der Waals surface area contributed by atoms with Crippen LogP contribution in [0.2, 0.25) is 10.0 Å². The Morgan fingerprint density at radius 1 is 0.903 bits per heavy atom. The lowest BCUT2D eigenvalue weighted by Crippen LogP contribution is -2.37. The van der Waals surface area contributed by atoms with Crippen LogP contribution in [0.5, 0.6) is 0 Å². The van der Waals surface area contributed by atoms with Gasteiger partial charge in [-0.05, 0) is 53.9 Å². The van der Waals surface area contributed by atoms with Gasteiger partial charge in [-0.1, -0.05) is 66.5 Å². The number of carbonyl (C=O) groups excluding carboxylic acids is 1. The topological polar surface area (TPSA) is 66.5 Å². The average molecular weight is 477 g/mol. The van der Waals surface area contributed by atoms with Crippen molar-refractivity contribution in [3.63, 3.8) is 0 Å². The van der Waals surface area contributed by atoms with Crippen LogP contribution < -0.4 is 5.32 Å². The first-order valence-electron chi connectivity index (χ1n) is 9.67. The zero-order valence-electron chi connectivity index (χ0n) is 16.9. The molecule has 0 aliphatic carbocycles. The predicted molar refractivity (Wildman–Crippen MR) is 125 cm³/mol. The highest BCUT2D eigenvalue weighted by Gasteiger charge is 2.27. The summed E-state index contributed by atoms with van der Waals surface area (Å²) in [5, 5.41) is 3.45. The number of benzene rings is 3. The number of nitrogens with zero attached hydrogens (tertiary/aromatic N) is 1. The molecule has 0 aliphatic rings. The van der Waals surface area contributed by atoms with Crippen molar-refractivity contribution in [2.24, 2.45) is 0 Å². The van der Waals surface area contributed by atoms with Gasteiger partial charge in [-0.25, -0.2) is 8.42 Å². The Balaban J connectivity index is 1.85. The molecule has 1 N–H and O–H groups in total. The summed E-state index contributed by atoms with van der Waals surface area (Å²) in [6.07, 6.45) is 0.890. The fraction of sp³-hybridized carbons (Fsp3) is 0.174. The van der Waals surface area contributed by atoms with Crippen molar-refractivity contribution in [2.75, 3.05) is 11.9 Å². The smallest absolute Gasteiger partial charge is 0.243 e. The summed E-state index contributed by atoms with van der Waals surface area (Å²) >= 11 is 12.1. The molecule has 0 fully saturated rings. The van der Waals surface area contributed by atoms with E-state index in [4.69, 9.17) is 23.2 Å². The standard InChI is InChI=1S/C23H22Cl2N2O3S/c1-2-17-8-11-19(12-9-17)26-23(28)16-27(15-18-10-13-21(24)22(25)14-18)31(29,30)20-6-4-3-5-7-20/h3-14H,2,15-16H2,1H3,(H,26,28). The third kappa shape index (κ3) is 6.08. The second kappa shape index (κ2) is 10.3. The van der Waals surface area contributed by atoms with E-state index in [0.29, 0.717) is 21.3 Å². The van der Waals surface area contributed by atoms with Crippen LogP contribution >= 0.6 is 23.2 Å². The van der Waals surface area contributed by atoms with E-state index in [1.807, 2.05) is 19.1 Å². The number of anilines is 1. The molecule has 3 aromatic carbocycles. The van der Waals surface area contributed by atoms with E-state index in [1.165, 1.54) is 12.1 Å². The molecule has 0 atom stereocenters. The van der Waals surface area contributed by atoms with Crippen molar-refractivity contribution >= 4 is 44.8 Å². The molecular weight excluding hydrogens is 455 g/mol. The summed E-state index contributed by atoms with van der Waals surface area (Å²) in [7, 11) is -3.92. The van der Waals surface area contributed by atoms with Crippen molar-refractivity contribution in [1.82, 2.24) is 4.31 Å². The van der Waals surface area contributed by atoms with Crippen LogP contribution in [0.1, 0.15) is 18.1 Å². The maximum atomic E-state index is 13.2. The molecule has 0 unspecified atom stereocenters. The Morgan fingerprint density at radius 2 is 1.55 bits per heavy atom. The van der Waals surface area contributed by atoms with Crippen molar-refractivity contribution in [1.29, 1.82) is 0 Å². The largest absolute Gasteiger partial charge is 0.325 e. The summed E-state index contributed by atoms with van der Waals surface area (Å²) in [6, 6.07) is 20.3. The van der Waals surface area contributed by atoms with Gasteiger partial charge < -0.3 is 5.32 Å². The normalized spacial score (nSPS) is 11.5. The van der Waals surface area contributed by atoms with E-state index in [0.717, 1.165) is 16.3 Å². The van der Waals surface area contributed by atoms with Crippen LogP contribution in [0, 0.1) is 0 Å². The number of rotatable bonds is 8. The number of carbonyl (C=O) groups is 1. The molecule has 0 aromatic heterocycles. The Hall–Kier alpha value is -2.38. The van der Waals surface area contributed by atoms with Gasteiger partial charge in [0, 0.05) is 12.2 Å². The molecule has 5 nitrogen and oxygen atoms in total. The summed E-state index contributed by atoms with van der Waals surface area (Å²) < 4.78 is 27.6. The first-order valence-corrected chi connectivity index (χ1v) is 11.9. The maximum Gasteiger partial charge on any atom is 0.243 e. The molecule has 0 spiro atoms. The number of nitrogens with one attached hydrogen (secondary N) is 1. The average Bonchev–Trinajstić information content (AvgIpc) is 2.77. The summed E-state index contributed by atoms with van der Waals surface area (Å²) in [6.45, 7) is 1.66. The fourth-order valence-corrected chi connectivity index (χ4v) is 4.72. The second-order valence-corrected chi connectivity index (χ2v) is 9.69. The molecule has 0 radical (unpaired) electrons. The van der Waals surface area contributed by atoms with Crippen molar-refractivity contribution < 1.29 is 13.2 Å². The van der Waals surface area contributed by atoms with Crippen LogP contribution in [-0.2, 0) is 27.8 Å². The molecule has 0 saturated heterocycles. The van der Waals surface area contributed by atoms with Gasteiger partial charge in [-0.15, -0.1) is 0 Å². The van der Waals surface area contributed by atoms with Gasteiger partial charge in [0.25, 0.3) is 0 Å². The molecular formula is C23H22Cl2N2O3S. The Bertz CT molecular complexity index is 1150. The highest BCUT2D eigenvalue weighted by molar-refractivity contribution is 7.89. The van der Waals surface area contributed by atoms with E-state index in [1.54, 1.807) is 48.5 Å². The van der Waals surface area contributed by atoms with Crippen molar-refractivity contribution in [3.8, 4) is 0 Å². The maximum absolute atomic E-state index is 13.2. The van der Waals surface area contributed by atoms with E-state index >= 15 is 0 Å². The lowest BCUT2D eigenvalue weighted by atomic mass is 10.1. The number of hydrogen-bond acceptors (Lipinski definition) is 3. The van der Waals surface area contributed by atoms with Gasteiger partial charge in [0.1, 0.15) is 0 Å². The molecule has 31 heavy (non-hydrogen) atoms. The molecule has 3 rings (SSSR count). The molecule has 0 bridgehead atoms. The number of halogens is 2. The van der Waals surface area contributed by atoms with E-state index in [-0.39, 0.29) is 18.0 Å². The van der Waals surface area contributed by atoms with Crippen LogP contribution in [0.15, 0.2) is 77.7 Å². The minimum atomic E-state index is -3.92. The fourth-order valence-electron chi connectivity index (χ4n) is 2.99. The Morgan fingerprint density at radius 3 is 2.16 bits per heavy atom. The zero-order chi connectivity index (χ0) is 22.4. The summed E-state index contributed by atoms with van der Waals surface area (Å²) in [5.74, 6) is -0.441. The highest BCUT2D eigenvalue weighted by atomic mass is 35.5.